The van der Waals surface area contributed by atoms with E-state index in [9.17, 15) is 0 Å². The Bertz CT molecular complexity index is 794. The first-order valence-corrected chi connectivity index (χ1v) is 10.4. The molecule has 2 aromatic heterocycles. The minimum Gasteiger partial charge on any atom is -0.382 e. The molecule has 0 bridgehead atoms. The van der Waals surface area contributed by atoms with Gasteiger partial charge in [-0.25, -0.2) is 4.68 Å². The third-order valence-corrected chi connectivity index (χ3v) is 5.40. The highest BCUT2D eigenvalue weighted by Crippen LogP contribution is 2.37. The second kappa shape index (κ2) is 9.68. The molecule has 0 amide bonds. The van der Waals surface area contributed by atoms with Crippen molar-refractivity contribution in [3.05, 3.63) is 41.6 Å². The van der Waals surface area contributed by atoms with Gasteiger partial charge in [0.25, 0.3) is 0 Å². The summed E-state index contributed by atoms with van der Waals surface area (Å²) in [5.74, 6) is 1.38. The molecule has 1 aliphatic rings. The molecule has 1 saturated carbocycles. The van der Waals surface area contributed by atoms with Crippen LogP contribution in [0.1, 0.15) is 51.3 Å². The number of nitrogens with one attached hydrogen (secondary N) is 4. The minimum absolute atomic E-state index is 0.0647. The van der Waals surface area contributed by atoms with Gasteiger partial charge in [0, 0.05) is 31.0 Å². The van der Waals surface area contributed by atoms with Crippen molar-refractivity contribution in [1.82, 2.24) is 20.1 Å². The van der Waals surface area contributed by atoms with Crippen LogP contribution in [-0.4, -0.2) is 34.4 Å². The number of rotatable bonds is 11. The van der Waals surface area contributed by atoms with Crippen molar-refractivity contribution in [3.63, 3.8) is 0 Å². The fourth-order valence-electron chi connectivity index (χ4n) is 3.49. The Morgan fingerprint density at radius 2 is 2.07 bits per heavy atom. The van der Waals surface area contributed by atoms with Gasteiger partial charge in [-0.15, -0.1) is 0 Å². The smallest absolute Gasteiger partial charge is 0.166 e. The molecule has 152 valence electrons. The largest absolute Gasteiger partial charge is 0.382 e. The first-order chi connectivity index (χ1) is 13.7. The van der Waals surface area contributed by atoms with Crippen LogP contribution >= 0.6 is 0 Å². The van der Waals surface area contributed by atoms with E-state index in [1.165, 1.54) is 18.4 Å². The zero-order valence-corrected chi connectivity index (χ0v) is 17.2. The summed E-state index contributed by atoms with van der Waals surface area (Å²) in [5, 5.41) is 23.8. The highest BCUT2D eigenvalue weighted by atomic mass is 15.4. The van der Waals surface area contributed by atoms with Gasteiger partial charge in [0.1, 0.15) is 12.0 Å². The lowest BCUT2D eigenvalue weighted by Gasteiger charge is -2.23. The molecule has 7 nitrogen and oxygen atoms in total. The molecule has 0 radical (unpaired) electrons. The monoisotopic (exact) mass is 383 g/mol. The van der Waals surface area contributed by atoms with Crippen LogP contribution in [0.2, 0.25) is 0 Å². The van der Waals surface area contributed by atoms with E-state index in [0.717, 1.165) is 37.3 Å². The Morgan fingerprint density at radius 3 is 2.68 bits per heavy atom. The molecule has 0 aromatic carbocycles. The van der Waals surface area contributed by atoms with Crippen LogP contribution in [0.4, 0.5) is 11.5 Å². The van der Waals surface area contributed by atoms with Gasteiger partial charge in [0.2, 0.25) is 0 Å². The van der Waals surface area contributed by atoms with Gasteiger partial charge in [0.15, 0.2) is 5.49 Å². The zero-order valence-electron chi connectivity index (χ0n) is 17.2. The van der Waals surface area contributed by atoms with Crippen molar-refractivity contribution in [2.24, 2.45) is 5.92 Å². The second-order valence-electron chi connectivity index (χ2n) is 7.50. The molecule has 1 unspecified atom stereocenters. The van der Waals surface area contributed by atoms with E-state index in [4.69, 9.17) is 10.5 Å². The number of hydrogen-bond donors (Lipinski definition) is 4. The van der Waals surface area contributed by atoms with Crippen molar-refractivity contribution in [1.29, 1.82) is 5.41 Å². The Morgan fingerprint density at radius 1 is 1.29 bits per heavy atom. The molecule has 0 spiro atoms. The molecule has 3 rings (SSSR count). The molecule has 1 aliphatic carbocycles. The molecule has 0 aliphatic heterocycles. The lowest BCUT2D eigenvalue weighted by atomic mass is 10.2. The number of aromatic nitrogens is 3. The van der Waals surface area contributed by atoms with Crippen LogP contribution < -0.4 is 21.4 Å². The number of hydrogen-bond acceptors (Lipinski definition) is 6. The van der Waals surface area contributed by atoms with Crippen LogP contribution in [-0.2, 0) is 6.42 Å². The summed E-state index contributed by atoms with van der Waals surface area (Å²) in [5.41, 5.74) is 2.42. The van der Waals surface area contributed by atoms with E-state index in [0.29, 0.717) is 17.4 Å². The van der Waals surface area contributed by atoms with Crippen molar-refractivity contribution in [2.75, 3.05) is 24.2 Å². The van der Waals surface area contributed by atoms with Crippen LogP contribution in [0.5, 0.6) is 0 Å². The normalized spacial score (nSPS) is 14.9. The third-order valence-electron chi connectivity index (χ3n) is 5.40. The predicted octanol–water partition coefficient (Wildman–Crippen LogP) is 3.14. The average Bonchev–Trinajstić information content (AvgIpc) is 3.55. The van der Waals surface area contributed by atoms with Gasteiger partial charge in [0.05, 0.1) is 5.69 Å². The zero-order chi connectivity index (χ0) is 19.9. The second-order valence-corrected chi connectivity index (χ2v) is 7.50. The van der Waals surface area contributed by atoms with E-state index < -0.39 is 0 Å². The summed E-state index contributed by atoms with van der Waals surface area (Å²) in [6.45, 7) is 5.11. The Hall–Kier alpha value is -2.41. The van der Waals surface area contributed by atoms with E-state index in [1.807, 2.05) is 30.1 Å². The third kappa shape index (κ3) is 5.10. The highest BCUT2D eigenvalue weighted by Gasteiger charge is 2.32. The number of nitrogens with zero attached hydrogens (tertiary/aromatic N) is 3. The lowest BCUT2D eigenvalue weighted by molar-refractivity contribution is 0.335. The molecular weight excluding hydrogens is 350 g/mol. The molecular formula is C21H33N7. The van der Waals surface area contributed by atoms with E-state index in [-0.39, 0.29) is 6.17 Å². The molecule has 1 atom stereocenters. The SMILES string of the molecule is CCC(CC)Nc1cc(NCCc2cccnc2)c(=N)n(C(NC)C2CC2)n1. The summed E-state index contributed by atoms with van der Waals surface area (Å²) in [6.07, 6.45) is 9.07. The van der Waals surface area contributed by atoms with Crippen LogP contribution in [0.15, 0.2) is 30.6 Å². The molecule has 2 heterocycles. The number of pyridine rings is 1. The molecule has 2 aromatic rings. The summed E-state index contributed by atoms with van der Waals surface area (Å²) in [7, 11) is 1.95. The van der Waals surface area contributed by atoms with Gasteiger partial charge in [-0.2, -0.15) is 5.10 Å². The van der Waals surface area contributed by atoms with Crippen LogP contribution in [0, 0.1) is 11.3 Å². The summed E-state index contributed by atoms with van der Waals surface area (Å²) >= 11 is 0. The first kappa shape index (κ1) is 20.3. The van der Waals surface area contributed by atoms with Crippen molar-refractivity contribution in [3.8, 4) is 0 Å². The van der Waals surface area contributed by atoms with Crippen molar-refractivity contribution >= 4 is 11.5 Å². The fourth-order valence-corrected chi connectivity index (χ4v) is 3.49. The lowest BCUT2D eigenvalue weighted by Crippen LogP contribution is -2.37. The maximum atomic E-state index is 8.71. The van der Waals surface area contributed by atoms with E-state index in [1.54, 1.807) is 6.20 Å². The highest BCUT2D eigenvalue weighted by molar-refractivity contribution is 5.50. The maximum Gasteiger partial charge on any atom is 0.166 e. The van der Waals surface area contributed by atoms with Gasteiger partial charge in [-0.1, -0.05) is 19.9 Å². The maximum absolute atomic E-state index is 8.71. The molecule has 7 heteroatoms. The number of anilines is 2. The summed E-state index contributed by atoms with van der Waals surface area (Å²) in [4.78, 5) is 4.17. The standard InChI is InChI=1S/C21H33N7/c1-4-17(5-2)26-19-13-18(25-12-10-15-7-6-11-24-14-15)20(22)28(27-19)21(23-3)16-8-9-16/h6-7,11,13-14,16-17,21-23,25H,4-5,8-10,12H2,1-3H3,(H,26,27). The Kier molecular flexibility index (Phi) is 7.03. The van der Waals surface area contributed by atoms with Crippen molar-refractivity contribution in [2.45, 2.75) is 58.2 Å². The van der Waals surface area contributed by atoms with E-state index >= 15 is 0 Å². The Balaban J connectivity index is 1.82. The van der Waals surface area contributed by atoms with Crippen LogP contribution in [0.25, 0.3) is 0 Å². The fraction of sp³-hybridized carbons (Fsp3) is 0.571. The first-order valence-electron chi connectivity index (χ1n) is 10.4. The Labute approximate surface area is 167 Å². The molecule has 0 saturated heterocycles. The van der Waals surface area contributed by atoms with Crippen LogP contribution in [0.3, 0.4) is 0 Å². The van der Waals surface area contributed by atoms with Gasteiger partial charge in [-0.05, 0) is 56.7 Å². The molecule has 1 fully saturated rings. The molecule has 28 heavy (non-hydrogen) atoms. The topological polar surface area (TPSA) is 90.7 Å². The average molecular weight is 384 g/mol. The van der Waals surface area contributed by atoms with E-state index in [2.05, 4.69) is 40.8 Å². The minimum atomic E-state index is 0.0647. The summed E-state index contributed by atoms with van der Waals surface area (Å²) < 4.78 is 1.84. The van der Waals surface area contributed by atoms with Gasteiger partial charge in [-0.3, -0.25) is 15.7 Å². The van der Waals surface area contributed by atoms with Gasteiger partial charge < -0.3 is 10.6 Å². The quantitative estimate of drug-likeness (QED) is 0.479. The van der Waals surface area contributed by atoms with Crippen molar-refractivity contribution < 1.29 is 0 Å². The van der Waals surface area contributed by atoms with Gasteiger partial charge >= 0.3 is 0 Å². The summed E-state index contributed by atoms with van der Waals surface area (Å²) in [6, 6.07) is 6.39. The predicted molar refractivity (Wildman–Crippen MR) is 113 cm³/mol. The molecule has 4 N–H and O–H groups in total.